The molecule has 4 heteroatoms. The van der Waals surface area contributed by atoms with E-state index in [1.54, 1.807) is 11.8 Å². The molecule has 2 rings (SSSR count). The van der Waals surface area contributed by atoms with Crippen LogP contribution in [0.5, 0.6) is 0 Å². The van der Waals surface area contributed by atoms with E-state index in [2.05, 4.69) is 13.8 Å². The van der Waals surface area contributed by atoms with E-state index in [-0.39, 0.29) is 5.60 Å². The lowest BCUT2D eigenvalue weighted by Gasteiger charge is -2.19. The Hall–Kier alpha value is -0.380. The molecule has 0 radical (unpaired) electrons. The van der Waals surface area contributed by atoms with Crippen molar-refractivity contribution >= 4 is 29.1 Å². The molecule has 1 fully saturated rings. The third kappa shape index (κ3) is 3.30. The molecule has 1 aliphatic heterocycles. The highest BCUT2D eigenvalue weighted by Crippen LogP contribution is 2.36. The molecule has 1 unspecified atom stereocenters. The van der Waals surface area contributed by atoms with Gasteiger partial charge in [-0.3, -0.25) is 0 Å². The van der Waals surface area contributed by atoms with E-state index in [9.17, 15) is 0 Å². The minimum atomic E-state index is 0.0251. The van der Waals surface area contributed by atoms with Crippen LogP contribution in [0.3, 0.4) is 0 Å². The molecule has 2 nitrogen and oxygen atoms in total. The summed E-state index contributed by atoms with van der Waals surface area (Å²) < 4.78 is 5.95. The second-order valence-corrected chi connectivity index (χ2v) is 6.44. The fourth-order valence-electron chi connectivity index (χ4n) is 2.05. The Balaban J connectivity index is 1.95. The molecule has 1 saturated heterocycles. The first-order chi connectivity index (χ1) is 7.98. The van der Waals surface area contributed by atoms with Gasteiger partial charge in [0.2, 0.25) is 0 Å². The van der Waals surface area contributed by atoms with E-state index in [4.69, 9.17) is 22.1 Å². The van der Waals surface area contributed by atoms with Gasteiger partial charge in [-0.25, -0.2) is 0 Å². The van der Waals surface area contributed by atoms with Crippen LogP contribution in [0.15, 0.2) is 23.1 Å². The maximum Gasteiger partial charge on any atom is 0.0677 e. The fraction of sp³-hybridized carbons (Fsp3) is 0.538. The summed E-state index contributed by atoms with van der Waals surface area (Å²) in [6.07, 6.45) is 2.55. The Morgan fingerprint density at radius 3 is 2.88 bits per heavy atom. The number of anilines is 1. The molecule has 1 aromatic rings. The van der Waals surface area contributed by atoms with Crippen molar-refractivity contribution in [3.63, 3.8) is 0 Å². The van der Waals surface area contributed by atoms with Crippen LogP contribution < -0.4 is 5.73 Å². The molecule has 0 spiro atoms. The minimum Gasteiger partial charge on any atom is -0.398 e. The average molecular weight is 272 g/mol. The lowest BCUT2D eigenvalue weighted by Crippen LogP contribution is -2.21. The van der Waals surface area contributed by atoms with Gasteiger partial charge in [-0.05, 0) is 38.8 Å². The van der Waals surface area contributed by atoms with Crippen molar-refractivity contribution < 1.29 is 4.74 Å². The predicted octanol–water partition coefficient (Wildman–Crippen LogP) is 3.97. The zero-order valence-electron chi connectivity index (χ0n) is 10.2. The van der Waals surface area contributed by atoms with Gasteiger partial charge in [-0.15, -0.1) is 11.8 Å². The summed E-state index contributed by atoms with van der Waals surface area (Å²) in [5, 5.41) is 0.729. The molecule has 1 aromatic carbocycles. The molecule has 2 N–H and O–H groups in total. The third-order valence-corrected chi connectivity index (χ3v) is 4.67. The summed E-state index contributed by atoms with van der Waals surface area (Å²) in [4.78, 5) is 0.975. The van der Waals surface area contributed by atoms with Gasteiger partial charge in [0.15, 0.2) is 0 Å². The summed E-state index contributed by atoms with van der Waals surface area (Å²) in [6, 6.07) is 5.63. The maximum atomic E-state index is 6.13. The van der Waals surface area contributed by atoms with Gasteiger partial charge >= 0.3 is 0 Å². The van der Waals surface area contributed by atoms with Crippen molar-refractivity contribution in [3.05, 3.63) is 23.2 Å². The van der Waals surface area contributed by atoms with Crippen LogP contribution in [0, 0.1) is 0 Å². The summed E-state index contributed by atoms with van der Waals surface area (Å²) in [7, 11) is 0. The zero-order chi connectivity index (χ0) is 12.5. The smallest absolute Gasteiger partial charge is 0.0677 e. The van der Waals surface area contributed by atoms with Crippen LogP contribution in [-0.4, -0.2) is 17.5 Å². The molecule has 1 atom stereocenters. The molecule has 0 saturated carbocycles. The van der Waals surface area contributed by atoms with Crippen molar-refractivity contribution in [3.8, 4) is 0 Å². The second-order valence-electron chi connectivity index (χ2n) is 5.01. The Labute approximate surface area is 112 Å². The van der Waals surface area contributed by atoms with Crippen LogP contribution in [0.4, 0.5) is 5.69 Å². The zero-order valence-corrected chi connectivity index (χ0v) is 11.8. The van der Waals surface area contributed by atoms with Crippen molar-refractivity contribution in [1.29, 1.82) is 0 Å². The SMILES string of the molecule is CC1(C)CCC(CSc2c(N)cccc2Cl)O1. The summed E-state index contributed by atoms with van der Waals surface area (Å²) >= 11 is 7.82. The van der Waals surface area contributed by atoms with Crippen molar-refractivity contribution in [1.82, 2.24) is 0 Å². The van der Waals surface area contributed by atoms with E-state index < -0.39 is 0 Å². The van der Waals surface area contributed by atoms with E-state index in [1.807, 2.05) is 18.2 Å². The van der Waals surface area contributed by atoms with Gasteiger partial charge in [-0.2, -0.15) is 0 Å². The summed E-state index contributed by atoms with van der Waals surface area (Å²) in [5.74, 6) is 0.914. The van der Waals surface area contributed by atoms with Crippen LogP contribution in [-0.2, 0) is 4.74 Å². The predicted molar refractivity (Wildman–Crippen MR) is 74.8 cm³/mol. The van der Waals surface area contributed by atoms with Gasteiger partial charge in [0, 0.05) is 16.3 Å². The summed E-state index contributed by atoms with van der Waals surface area (Å²) in [5.41, 5.74) is 6.69. The number of benzene rings is 1. The number of hydrogen-bond donors (Lipinski definition) is 1. The number of rotatable bonds is 3. The Kier molecular flexibility index (Phi) is 3.91. The highest BCUT2D eigenvalue weighted by molar-refractivity contribution is 7.99. The number of ether oxygens (including phenoxy) is 1. The molecule has 1 heterocycles. The first kappa shape index (κ1) is 13.1. The van der Waals surface area contributed by atoms with Gasteiger partial charge < -0.3 is 10.5 Å². The molecular weight excluding hydrogens is 254 g/mol. The number of thioether (sulfide) groups is 1. The Morgan fingerprint density at radius 1 is 1.53 bits per heavy atom. The molecule has 0 aromatic heterocycles. The fourth-order valence-corrected chi connectivity index (χ4v) is 3.42. The standard InChI is InChI=1S/C13H18ClNOS/c1-13(2)7-6-9(16-13)8-17-12-10(14)4-3-5-11(12)15/h3-5,9H,6-8,15H2,1-2H3. The van der Waals surface area contributed by atoms with Crippen molar-refractivity contribution in [2.45, 2.75) is 43.3 Å². The molecule has 1 aliphatic rings. The highest BCUT2D eigenvalue weighted by atomic mass is 35.5. The number of hydrogen-bond acceptors (Lipinski definition) is 3. The molecule has 0 amide bonds. The topological polar surface area (TPSA) is 35.2 Å². The van der Waals surface area contributed by atoms with E-state index >= 15 is 0 Å². The molecule has 94 valence electrons. The third-order valence-electron chi connectivity index (χ3n) is 2.97. The van der Waals surface area contributed by atoms with Crippen molar-refractivity contribution in [2.75, 3.05) is 11.5 Å². The van der Waals surface area contributed by atoms with Gasteiger partial charge in [0.05, 0.1) is 16.7 Å². The second kappa shape index (κ2) is 5.09. The number of halogens is 1. The molecule has 17 heavy (non-hydrogen) atoms. The lowest BCUT2D eigenvalue weighted by molar-refractivity contribution is -0.00466. The highest BCUT2D eigenvalue weighted by Gasteiger charge is 2.31. The molecular formula is C13H18ClNOS. The normalized spacial score (nSPS) is 22.9. The first-order valence-corrected chi connectivity index (χ1v) is 7.19. The maximum absolute atomic E-state index is 6.13. The molecule has 0 aliphatic carbocycles. The largest absolute Gasteiger partial charge is 0.398 e. The Morgan fingerprint density at radius 2 is 2.29 bits per heavy atom. The Bertz CT molecular complexity index is 388. The number of nitrogens with two attached hydrogens (primary N) is 1. The van der Waals surface area contributed by atoms with E-state index in [0.717, 1.165) is 34.2 Å². The lowest BCUT2D eigenvalue weighted by atomic mass is 10.1. The van der Waals surface area contributed by atoms with Gasteiger partial charge in [0.1, 0.15) is 0 Å². The van der Waals surface area contributed by atoms with Crippen LogP contribution >= 0.6 is 23.4 Å². The molecule has 0 bridgehead atoms. The average Bonchev–Trinajstić information content (AvgIpc) is 2.57. The van der Waals surface area contributed by atoms with Crippen LogP contribution in [0.25, 0.3) is 0 Å². The van der Waals surface area contributed by atoms with Crippen LogP contribution in [0.2, 0.25) is 5.02 Å². The van der Waals surface area contributed by atoms with Gasteiger partial charge in [0.25, 0.3) is 0 Å². The monoisotopic (exact) mass is 271 g/mol. The van der Waals surface area contributed by atoms with E-state index in [0.29, 0.717) is 6.10 Å². The van der Waals surface area contributed by atoms with E-state index in [1.165, 1.54) is 0 Å². The first-order valence-electron chi connectivity index (χ1n) is 5.82. The van der Waals surface area contributed by atoms with Crippen LogP contribution in [0.1, 0.15) is 26.7 Å². The van der Waals surface area contributed by atoms with Gasteiger partial charge in [-0.1, -0.05) is 17.7 Å². The minimum absolute atomic E-state index is 0.0251. The quantitative estimate of drug-likeness (QED) is 0.667. The number of nitrogen functional groups attached to an aromatic ring is 1. The summed E-state index contributed by atoms with van der Waals surface area (Å²) in [6.45, 7) is 4.28. The van der Waals surface area contributed by atoms with Crippen molar-refractivity contribution in [2.24, 2.45) is 0 Å².